The molecule has 0 radical (unpaired) electrons. The smallest absolute Gasteiger partial charge is 0.137 e. The molecule has 5 heteroatoms. The van der Waals surface area contributed by atoms with Gasteiger partial charge in [0.2, 0.25) is 0 Å². The van der Waals surface area contributed by atoms with E-state index in [0.717, 1.165) is 11.4 Å². The average Bonchev–Trinajstić information content (AvgIpc) is 2.71. The van der Waals surface area contributed by atoms with Crippen LogP contribution in [0.4, 0.5) is 5.69 Å². The van der Waals surface area contributed by atoms with Crippen molar-refractivity contribution in [2.24, 2.45) is 0 Å². The minimum absolute atomic E-state index is 0.648. The first-order valence-electron chi connectivity index (χ1n) is 4.33. The number of nitrogens with one attached hydrogen (secondary N) is 1. The summed E-state index contributed by atoms with van der Waals surface area (Å²) in [4.78, 5) is 8.10. The van der Waals surface area contributed by atoms with E-state index in [1.54, 1.807) is 17.2 Å². The molecule has 72 valence electrons. The van der Waals surface area contributed by atoms with Gasteiger partial charge < -0.3 is 5.32 Å². The molecule has 2 rings (SSSR count). The van der Waals surface area contributed by atoms with Crippen LogP contribution in [-0.2, 0) is 6.54 Å². The van der Waals surface area contributed by atoms with E-state index in [2.05, 4.69) is 20.4 Å². The molecule has 0 saturated heterocycles. The maximum absolute atomic E-state index is 4.23. The lowest BCUT2D eigenvalue weighted by Crippen LogP contribution is -2.02. The molecule has 0 bridgehead atoms. The topological polar surface area (TPSA) is 55.6 Å². The van der Waals surface area contributed by atoms with Crippen LogP contribution in [0.3, 0.4) is 0 Å². The Morgan fingerprint density at radius 3 is 3.14 bits per heavy atom. The summed E-state index contributed by atoms with van der Waals surface area (Å²) in [7, 11) is 1.88. The molecule has 0 saturated carbocycles. The Labute approximate surface area is 81.8 Å². The maximum atomic E-state index is 4.23. The first-order chi connectivity index (χ1) is 6.88. The Morgan fingerprint density at radius 2 is 2.43 bits per heavy atom. The van der Waals surface area contributed by atoms with E-state index in [1.807, 2.05) is 19.2 Å². The van der Waals surface area contributed by atoms with Crippen molar-refractivity contribution in [3.63, 3.8) is 0 Å². The molecule has 0 unspecified atom stereocenters. The number of aromatic nitrogens is 4. The third-order valence-electron chi connectivity index (χ3n) is 1.90. The minimum atomic E-state index is 0.648. The first kappa shape index (κ1) is 8.68. The van der Waals surface area contributed by atoms with E-state index in [9.17, 15) is 0 Å². The fourth-order valence-corrected chi connectivity index (χ4v) is 1.20. The second kappa shape index (κ2) is 3.87. The van der Waals surface area contributed by atoms with Crippen LogP contribution in [0, 0.1) is 0 Å². The number of hydrogen-bond donors (Lipinski definition) is 1. The summed E-state index contributed by atoms with van der Waals surface area (Å²) in [6.07, 6.45) is 4.97. The van der Waals surface area contributed by atoms with Crippen molar-refractivity contribution in [1.82, 2.24) is 19.7 Å². The number of anilines is 1. The molecular weight excluding hydrogens is 178 g/mol. The zero-order valence-electron chi connectivity index (χ0n) is 7.88. The van der Waals surface area contributed by atoms with Gasteiger partial charge in [0.1, 0.15) is 12.7 Å². The average molecular weight is 189 g/mol. The molecule has 0 amide bonds. The number of nitrogens with zero attached hydrogens (tertiary/aromatic N) is 4. The Hall–Kier alpha value is -1.91. The fourth-order valence-electron chi connectivity index (χ4n) is 1.20. The first-order valence-corrected chi connectivity index (χ1v) is 4.33. The van der Waals surface area contributed by atoms with E-state index in [0.29, 0.717) is 6.54 Å². The minimum Gasteiger partial charge on any atom is -0.388 e. The molecule has 5 nitrogen and oxygen atoms in total. The highest BCUT2D eigenvalue weighted by Crippen LogP contribution is 2.07. The van der Waals surface area contributed by atoms with Gasteiger partial charge in [-0.3, -0.25) is 4.98 Å². The summed E-state index contributed by atoms with van der Waals surface area (Å²) in [5, 5.41) is 7.07. The van der Waals surface area contributed by atoms with E-state index in [4.69, 9.17) is 0 Å². The monoisotopic (exact) mass is 189 g/mol. The Bertz CT molecular complexity index is 395. The van der Waals surface area contributed by atoms with Gasteiger partial charge in [-0.05, 0) is 12.1 Å². The van der Waals surface area contributed by atoms with E-state index < -0.39 is 0 Å². The van der Waals surface area contributed by atoms with Crippen LogP contribution in [0.2, 0.25) is 0 Å². The van der Waals surface area contributed by atoms with Crippen LogP contribution >= 0.6 is 0 Å². The second-order valence-corrected chi connectivity index (χ2v) is 2.88. The van der Waals surface area contributed by atoms with Crippen LogP contribution in [0.25, 0.3) is 0 Å². The van der Waals surface area contributed by atoms with E-state index in [-0.39, 0.29) is 0 Å². The zero-order valence-corrected chi connectivity index (χ0v) is 7.88. The highest BCUT2D eigenvalue weighted by atomic mass is 15.3. The lowest BCUT2D eigenvalue weighted by Gasteiger charge is -2.03. The summed E-state index contributed by atoms with van der Waals surface area (Å²) in [5.74, 6) is 0. The van der Waals surface area contributed by atoms with Crippen LogP contribution < -0.4 is 5.32 Å². The van der Waals surface area contributed by atoms with Crippen LogP contribution in [0.15, 0.2) is 31.0 Å². The summed E-state index contributed by atoms with van der Waals surface area (Å²) in [6, 6.07) is 3.91. The van der Waals surface area contributed by atoms with Crippen molar-refractivity contribution in [3.8, 4) is 0 Å². The van der Waals surface area contributed by atoms with Crippen molar-refractivity contribution in [3.05, 3.63) is 36.7 Å². The Kier molecular flexibility index (Phi) is 2.40. The van der Waals surface area contributed by atoms with Gasteiger partial charge in [-0.15, -0.1) is 0 Å². The largest absolute Gasteiger partial charge is 0.388 e. The van der Waals surface area contributed by atoms with Crippen molar-refractivity contribution in [2.75, 3.05) is 12.4 Å². The number of hydrogen-bond acceptors (Lipinski definition) is 4. The van der Waals surface area contributed by atoms with Gasteiger partial charge in [0.25, 0.3) is 0 Å². The molecule has 2 aromatic heterocycles. The van der Waals surface area contributed by atoms with Gasteiger partial charge in [-0.2, -0.15) is 5.10 Å². The van der Waals surface area contributed by atoms with Gasteiger partial charge in [0, 0.05) is 18.9 Å². The normalized spacial score (nSPS) is 10.1. The molecule has 1 N–H and O–H groups in total. The fraction of sp³-hybridized carbons (Fsp3) is 0.222. The molecule has 14 heavy (non-hydrogen) atoms. The second-order valence-electron chi connectivity index (χ2n) is 2.88. The van der Waals surface area contributed by atoms with Gasteiger partial charge >= 0.3 is 0 Å². The summed E-state index contributed by atoms with van der Waals surface area (Å²) in [5.41, 5.74) is 2.01. The third-order valence-corrected chi connectivity index (χ3v) is 1.90. The molecule has 2 aromatic rings. The molecule has 0 fully saturated rings. The molecule has 2 heterocycles. The van der Waals surface area contributed by atoms with E-state index in [1.165, 1.54) is 6.33 Å². The maximum Gasteiger partial charge on any atom is 0.137 e. The molecule has 0 spiro atoms. The highest BCUT2D eigenvalue weighted by Gasteiger charge is 1.97. The van der Waals surface area contributed by atoms with Crippen molar-refractivity contribution >= 4 is 5.69 Å². The van der Waals surface area contributed by atoms with Crippen molar-refractivity contribution < 1.29 is 0 Å². The SMILES string of the molecule is CNc1ccnc(Cn2cncn2)c1. The summed E-state index contributed by atoms with van der Waals surface area (Å²) < 4.78 is 1.74. The summed E-state index contributed by atoms with van der Waals surface area (Å²) in [6.45, 7) is 0.648. The Balaban J connectivity index is 2.17. The number of rotatable bonds is 3. The lowest BCUT2D eigenvalue weighted by atomic mass is 10.3. The molecule has 0 aliphatic rings. The zero-order chi connectivity index (χ0) is 9.80. The predicted octanol–water partition coefficient (Wildman–Crippen LogP) is 0.763. The van der Waals surface area contributed by atoms with Crippen molar-refractivity contribution in [2.45, 2.75) is 6.54 Å². The predicted molar refractivity (Wildman–Crippen MR) is 52.9 cm³/mol. The lowest BCUT2D eigenvalue weighted by molar-refractivity contribution is 0.671. The van der Waals surface area contributed by atoms with Gasteiger partial charge in [0.15, 0.2) is 0 Å². The molecule has 0 aromatic carbocycles. The molecule has 0 aliphatic heterocycles. The summed E-state index contributed by atoms with van der Waals surface area (Å²) >= 11 is 0. The van der Waals surface area contributed by atoms with Gasteiger partial charge in [-0.25, -0.2) is 9.67 Å². The van der Waals surface area contributed by atoms with E-state index >= 15 is 0 Å². The van der Waals surface area contributed by atoms with Gasteiger partial charge in [0.05, 0.1) is 12.2 Å². The van der Waals surface area contributed by atoms with Crippen LogP contribution in [0.5, 0.6) is 0 Å². The van der Waals surface area contributed by atoms with Crippen LogP contribution in [-0.4, -0.2) is 26.8 Å². The number of pyridine rings is 1. The molecule has 0 atom stereocenters. The van der Waals surface area contributed by atoms with Crippen molar-refractivity contribution in [1.29, 1.82) is 0 Å². The van der Waals surface area contributed by atoms with Gasteiger partial charge in [-0.1, -0.05) is 0 Å². The molecule has 0 aliphatic carbocycles. The quantitative estimate of drug-likeness (QED) is 0.774. The third kappa shape index (κ3) is 1.87. The Morgan fingerprint density at radius 1 is 1.50 bits per heavy atom. The standard InChI is InChI=1S/C9H11N5/c1-10-8-2-3-12-9(4-8)5-14-7-11-6-13-14/h2-4,6-7H,5H2,1H3,(H,10,12). The van der Waals surface area contributed by atoms with Crippen LogP contribution in [0.1, 0.15) is 5.69 Å². The molecular formula is C9H11N5. The highest BCUT2D eigenvalue weighted by molar-refractivity contribution is 5.42.